The second kappa shape index (κ2) is 5.97. The quantitative estimate of drug-likeness (QED) is 0.837. The van der Waals surface area contributed by atoms with Crippen LogP contribution in [0, 0.1) is 0 Å². The molecular weight excluding hydrogens is 238 g/mol. The Kier molecular flexibility index (Phi) is 4.89. The molecule has 0 atom stereocenters. The maximum absolute atomic E-state index is 12.2. The lowest BCUT2D eigenvalue weighted by Crippen LogP contribution is -2.31. The Morgan fingerprint density at radius 1 is 1.35 bits per heavy atom. The molecule has 5 nitrogen and oxygen atoms in total. The van der Waals surface area contributed by atoms with E-state index >= 15 is 0 Å². The molecule has 0 aliphatic carbocycles. The predicted octanol–water partition coefficient (Wildman–Crippen LogP) is 1.47. The third kappa shape index (κ3) is 3.41. The van der Waals surface area contributed by atoms with Gasteiger partial charge in [-0.3, -0.25) is 0 Å². The van der Waals surface area contributed by atoms with Gasteiger partial charge >= 0.3 is 0 Å². The zero-order chi connectivity index (χ0) is 12.9. The molecule has 1 heterocycles. The van der Waals surface area contributed by atoms with E-state index in [0.717, 1.165) is 12.8 Å². The van der Waals surface area contributed by atoms with E-state index in [9.17, 15) is 8.42 Å². The SMILES string of the molecule is CCCCN(CC)S(=O)(=O)c1ccc(N)nc1. The van der Waals surface area contributed by atoms with Crippen molar-refractivity contribution in [3.8, 4) is 0 Å². The van der Waals surface area contributed by atoms with Crippen LogP contribution in [0.1, 0.15) is 26.7 Å². The highest BCUT2D eigenvalue weighted by Crippen LogP contribution is 2.15. The molecule has 0 amide bonds. The zero-order valence-corrected chi connectivity index (χ0v) is 11.1. The van der Waals surface area contributed by atoms with Gasteiger partial charge in [-0.15, -0.1) is 0 Å². The number of nitrogens with zero attached hydrogens (tertiary/aromatic N) is 2. The Balaban J connectivity index is 2.95. The molecule has 96 valence electrons. The lowest BCUT2D eigenvalue weighted by Gasteiger charge is -2.19. The second-order valence-corrected chi connectivity index (χ2v) is 5.71. The van der Waals surface area contributed by atoms with Gasteiger partial charge < -0.3 is 5.73 Å². The first-order valence-corrected chi connectivity index (χ1v) is 7.18. The molecule has 1 aromatic heterocycles. The fourth-order valence-corrected chi connectivity index (χ4v) is 2.91. The number of aromatic nitrogens is 1. The molecule has 0 aliphatic heterocycles. The number of pyridine rings is 1. The van der Waals surface area contributed by atoms with Crippen molar-refractivity contribution < 1.29 is 8.42 Å². The van der Waals surface area contributed by atoms with E-state index in [4.69, 9.17) is 5.73 Å². The monoisotopic (exact) mass is 257 g/mol. The average molecular weight is 257 g/mol. The van der Waals surface area contributed by atoms with Crippen LogP contribution in [0.3, 0.4) is 0 Å². The predicted molar refractivity (Wildman–Crippen MR) is 68.0 cm³/mol. The van der Waals surface area contributed by atoms with Crippen molar-refractivity contribution in [2.75, 3.05) is 18.8 Å². The fourth-order valence-electron chi connectivity index (χ4n) is 1.48. The topological polar surface area (TPSA) is 76.3 Å². The zero-order valence-electron chi connectivity index (χ0n) is 10.3. The molecule has 0 radical (unpaired) electrons. The second-order valence-electron chi connectivity index (χ2n) is 3.77. The summed E-state index contributed by atoms with van der Waals surface area (Å²) in [6.45, 7) is 4.87. The first-order valence-electron chi connectivity index (χ1n) is 5.74. The molecule has 6 heteroatoms. The number of unbranched alkanes of at least 4 members (excludes halogenated alkanes) is 1. The van der Waals surface area contributed by atoms with Crippen LogP contribution in [0.25, 0.3) is 0 Å². The summed E-state index contributed by atoms with van der Waals surface area (Å²) in [7, 11) is -3.42. The van der Waals surface area contributed by atoms with Crippen molar-refractivity contribution in [1.82, 2.24) is 9.29 Å². The van der Waals surface area contributed by atoms with Crippen molar-refractivity contribution in [1.29, 1.82) is 0 Å². The van der Waals surface area contributed by atoms with Crippen LogP contribution in [-0.4, -0.2) is 30.8 Å². The molecule has 1 rings (SSSR count). The maximum atomic E-state index is 12.2. The number of hydrogen-bond donors (Lipinski definition) is 1. The molecule has 17 heavy (non-hydrogen) atoms. The summed E-state index contributed by atoms with van der Waals surface area (Å²) in [4.78, 5) is 4.01. The third-order valence-electron chi connectivity index (χ3n) is 2.51. The first-order chi connectivity index (χ1) is 8.02. The van der Waals surface area contributed by atoms with Crippen LogP contribution in [0.2, 0.25) is 0 Å². The molecule has 1 aromatic rings. The normalized spacial score (nSPS) is 11.9. The minimum atomic E-state index is -3.42. The van der Waals surface area contributed by atoms with E-state index in [-0.39, 0.29) is 4.90 Å². The summed E-state index contributed by atoms with van der Waals surface area (Å²) in [6.07, 6.45) is 3.13. The van der Waals surface area contributed by atoms with Crippen molar-refractivity contribution in [3.05, 3.63) is 18.3 Å². The molecule has 2 N–H and O–H groups in total. The Morgan fingerprint density at radius 2 is 2.06 bits per heavy atom. The van der Waals surface area contributed by atoms with E-state index in [1.807, 2.05) is 13.8 Å². The van der Waals surface area contributed by atoms with E-state index in [0.29, 0.717) is 18.9 Å². The Bertz CT molecular complexity index is 442. The number of anilines is 1. The number of nitrogens with two attached hydrogens (primary N) is 1. The van der Waals surface area contributed by atoms with E-state index in [1.54, 1.807) is 0 Å². The van der Waals surface area contributed by atoms with Crippen molar-refractivity contribution in [2.45, 2.75) is 31.6 Å². The van der Waals surface area contributed by atoms with Gasteiger partial charge in [0.2, 0.25) is 10.0 Å². The molecule has 0 bridgehead atoms. The van der Waals surface area contributed by atoms with Crippen molar-refractivity contribution in [2.24, 2.45) is 0 Å². The lowest BCUT2D eigenvalue weighted by atomic mass is 10.3. The third-order valence-corrected chi connectivity index (χ3v) is 4.47. The molecule has 0 saturated carbocycles. The summed E-state index contributed by atoms with van der Waals surface area (Å²) in [5.74, 6) is 0.320. The molecule has 0 unspecified atom stereocenters. The maximum Gasteiger partial charge on any atom is 0.244 e. The van der Waals surface area contributed by atoms with Crippen LogP contribution in [0.15, 0.2) is 23.2 Å². The first kappa shape index (κ1) is 13.9. The average Bonchev–Trinajstić information content (AvgIpc) is 2.30. The van der Waals surface area contributed by atoms with Gasteiger partial charge in [-0.25, -0.2) is 13.4 Å². The van der Waals surface area contributed by atoms with Gasteiger partial charge in [0.15, 0.2) is 0 Å². The smallest absolute Gasteiger partial charge is 0.244 e. The Hall–Kier alpha value is -1.14. The highest BCUT2D eigenvalue weighted by Gasteiger charge is 2.22. The van der Waals surface area contributed by atoms with Crippen molar-refractivity contribution >= 4 is 15.8 Å². The van der Waals surface area contributed by atoms with Gasteiger partial charge in [0.1, 0.15) is 10.7 Å². The van der Waals surface area contributed by atoms with Gasteiger partial charge in [-0.05, 0) is 18.6 Å². The van der Waals surface area contributed by atoms with Gasteiger partial charge in [0.25, 0.3) is 0 Å². The van der Waals surface area contributed by atoms with Crippen LogP contribution in [0.4, 0.5) is 5.82 Å². The largest absolute Gasteiger partial charge is 0.384 e. The fraction of sp³-hybridized carbons (Fsp3) is 0.545. The molecule has 0 spiro atoms. The standard InChI is InChI=1S/C11H19N3O2S/c1-3-5-8-14(4-2)17(15,16)10-6-7-11(12)13-9-10/h6-7,9H,3-5,8H2,1-2H3,(H2,12,13). The van der Waals surface area contributed by atoms with Gasteiger partial charge in [0.05, 0.1) is 0 Å². The summed E-state index contributed by atoms with van der Waals surface area (Å²) in [6, 6.07) is 2.99. The Labute approximate surface area is 103 Å². The van der Waals surface area contributed by atoms with Crippen LogP contribution in [-0.2, 0) is 10.0 Å². The van der Waals surface area contributed by atoms with E-state index in [1.165, 1.54) is 22.6 Å². The van der Waals surface area contributed by atoms with Gasteiger partial charge in [0, 0.05) is 19.3 Å². The Morgan fingerprint density at radius 3 is 2.53 bits per heavy atom. The van der Waals surface area contributed by atoms with E-state index < -0.39 is 10.0 Å². The molecule has 0 saturated heterocycles. The highest BCUT2D eigenvalue weighted by molar-refractivity contribution is 7.89. The van der Waals surface area contributed by atoms with Gasteiger partial charge in [-0.2, -0.15) is 4.31 Å². The molecular formula is C11H19N3O2S. The number of rotatable bonds is 6. The van der Waals surface area contributed by atoms with Gasteiger partial charge in [-0.1, -0.05) is 20.3 Å². The van der Waals surface area contributed by atoms with Crippen molar-refractivity contribution in [3.63, 3.8) is 0 Å². The minimum absolute atomic E-state index is 0.199. The van der Waals surface area contributed by atoms with E-state index in [2.05, 4.69) is 4.98 Å². The van der Waals surface area contributed by atoms with Crippen LogP contribution >= 0.6 is 0 Å². The van der Waals surface area contributed by atoms with Crippen LogP contribution < -0.4 is 5.73 Å². The summed E-state index contributed by atoms with van der Waals surface area (Å²) in [5, 5.41) is 0. The summed E-state index contributed by atoms with van der Waals surface area (Å²) < 4.78 is 25.9. The lowest BCUT2D eigenvalue weighted by molar-refractivity contribution is 0.418. The number of nitrogen functional groups attached to an aromatic ring is 1. The van der Waals surface area contributed by atoms with Crippen LogP contribution in [0.5, 0.6) is 0 Å². The highest BCUT2D eigenvalue weighted by atomic mass is 32.2. The summed E-state index contributed by atoms with van der Waals surface area (Å²) >= 11 is 0. The molecule has 0 fully saturated rings. The molecule has 0 aliphatic rings. The summed E-state index contributed by atoms with van der Waals surface area (Å²) in [5.41, 5.74) is 5.44. The minimum Gasteiger partial charge on any atom is -0.384 e. The molecule has 0 aromatic carbocycles. The number of hydrogen-bond acceptors (Lipinski definition) is 4. The number of sulfonamides is 1.